The fourth-order valence-corrected chi connectivity index (χ4v) is 6.97. The van der Waals surface area contributed by atoms with E-state index in [1.807, 2.05) is 38.2 Å². The van der Waals surface area contributed by atoms with Crippen LogP contribution >= 0.6 is 0 Å². The number of hydrogen-bond donors (Lipinski definition) is 3. The van der Waals surface area contributed by atoms with E-state index >= 15 is 0 Å². The van der Waals surface area contributed by atoms with E-state index in [1.54, 1.807) is 30.7 Å². The van der Waals surface area contributed by atoms with Crippen molar-refractivity contribution in [1.82, 2.24) is 20.3 Å². The molecule has 0 bridgehead atoms. The summed E-state index contributed by atoms with van der Waals surface area (Å²) in [4.78, 5) is 32.7. The third-order valence-electron chi connectivity index (χ3n) is 10.6. The Morgan fingerprint density at radius 1 is 0.542 bits per heavy atom. The first-order valence-corrected chi connectivity index (χ1v) is 24.3. The van der Waals surface area contributed by atoms with Gasteiger partial charge in [-0.2, -0.15) is 0 Å². The zero-order valence-electron chi connectivity index (χ0n) is 38.6. The number of nitrogens with zero attached hydrogens (tertiary/aromatic N) is 2. The van der Waals surface area contributed by atoms with Crippen LogP contribution < -0.4 is 5.32 Å². The lowest BCUT2D eigenvalue weighted by Gasteiger charge is -2.03. The van der Waals surface area contributed by atoms with Gasteiger partial charge >= 0.3 is 5.97 Å². The number of pyridine rings is 2. The van der Waals surface area contributed by atoms with Gasteiger partial charge in [0.2, 0.25) is 0 Å². The molecule has 3 rings (SSSR count). The van der Waals surface area contributed by atoms with Crippen LogP contribution in [0.2, 0.25) is 0 Å². The molecular formula is C52H90N4O3. The van der Waals surface area contributed by atoms with Crippen molar-refractivity contribution in [2.75, 3.05) is 6.54 Å². The lowest BCUT2D eigenvalue weighted by Crippen LogP contribution is -2.23. The Bertz CT molecular complexity index is 1240. The van der Waals surface area contributed by atoms with Crippen LogP contribution in [0.15, 0.2) is 67.3 Å². The summed E-state index contributed by atoms with van der Waals surface area (Å²) in [5, 5.41) is 11.2. The summed E-state index contributed by atoms with van der Waals surface area (Å²) in [7, 11) is 0. The Morgan fingerprint density at radius 2 is 0.983 bits per heavy atom. The third-order valence-corrected chi connectivity index (χ3v) is 10.6. The number of rotatable bonds is 33. The molecule has 0 aromatic carbocycles. The van der Waals surface area contributed by atoms with Crippen molar-refractivity contribution < 1.29 is 14.7 Å². The third kappa shape index (κ3) is 41.1. The Morgan fingerprint density at radius 3 is 1.32 bits per heavy atom. The first-order chi connectivity index (χ1) is 29.0. The van der Waals surface area contributed by atoms with Gasteiger partial charge in [0.1, 0.15) is 0 Å². The highest BCUT2D eigenvalue weighted by atomic mass is 16.4. The first-order valence-electron chi connectivity index (χ1n) is 24.3. The fraction of sp³-hybridized carbons (Fsp3) is 0.692. The van der Waals surface area contributed by atoms with Gasteiger partial charge in [0.25, 0.3) is 5.91 Å². The summed E-state index contributed by atoms with van der Waals surface area (Å²) in [5.74, 6) is -0.706. The molecule has 7 heteroatoms. The van der Waals surface area contributed by atoms with E-state index < -0.39 is 5.97 Å². The quantitative estimate of drug-likeness (QED) is 0.0531. The highest BCUT2D eigenvalue weighted by molar-refractivity contribution is 5.95. The van der Waals surface area contributed by atoms with Crippen LogP contribution in [0.1, 0.15) is 235 Å². The molecule has 0 aliphatic carbocycles. The summed E-state index contributed by atoms with van der Waals surface area (Å²) in [6.45, 7) is 8.92. The molecular weight excluding hydrogens is 729 g/mol. The van der Waals surface area contributed by atoms with Crippen molar-refractivity contribution in [3.05, 3.63) is 84.2 Å². The maximum atomic E-state index is 11.3. The zero-order valence-corrected chi connectivity index (χ0v) is 38.6. The number of amides is 1. The molecule has 3 heterocycles. The van der Waals surface area contributed by atoms with E-state index in [1.165, 1.54) is 185 Å². The Hall–Kier alpha value is -3.48. The molecule has 1 amide bonds. The molecule has 3 aromatic heterocycles. The Labute approximate surface area is 363 Å². The average Bonchev–Trinajstić information content (AvgIpc) is 3.78. The molecule has 3 N–H and O–H groups in total. The van der Waals surface area contributed by atoms with E-state index in [0.717, 1.165) is 18.5 Å². The number of hydrogen-bond acceptors (Lipinski definition) is 4. The predicted octanol–water partition coefficient (Wildman–Crippen LogP) is 15.6. The van der Waals surface area contributed by atoms with Gasteiger partial charge < -0.3 is 15.4 Å². The van der Waals surface area contributed by atoms with Crippen LogP contribution in [-0.4, -0.2) is 38.5 Å². The van der Waals surface area contributed by atoms with E-state index in [-0.39, 0.29) is 5.91 Å². The van der Waals surface area contributed by atoms with Crippen molar-refractivity contribution in [2.24, 2.45) is 0 Å². The Balaban J connectivity index is 0.000000817. The van der Waals surface area contributed by atoms with Gasteiger partial charge in [0.15, 0.2) is 0 Å². The summed E-state index contributed by atoms with van der Waals surface area (Å²) in [5.41, 5.74) is 2.82. The van der Waals surface area contributed by atoms with Crippen LogP contribution in [0, 0.1) is 6.92 Å². The number of carbonyl (C=O) groups excluding carboxylic acids is 1. The standard InChI is InChI=1S/C20H37N.C18H36O2.C9H12N2O.C5H5N/c1-2-3-4-5-6-7-8-9-10-11-12-13-14-15-17-20-18-16-19-21-20;1-2-3-4-5-6-7-8-9-10-11-12-13-14-15-16-17-18(19)20;1-3-10-9(12)8-5-4-6-11-7(8)2;1-2-4-6-5-3-1/h16,18-19,21H,2-15,17H2,1H3;2-17H2,1H3,(H,19,20);4-6H,3H2,1-2H3,(H,10,12);1-5H. The molecule has 0 fully saturated rings. The number of H-pyrrole nitrogens is 1. The molecule has 336 valence electrons. The van der Waals surface area contributed by atoms with Crippen molar-refractivity contribution in [3.8, 4) is 0 Å². The van der Waals surface area contributed by atoms with Crippen LogP contribution in [0.4, 0.5) is 0 Å². The van der Waals surface area contributed by atoms with Crippen LogP contribution in [0.3, 0.4) is 0 Å². The second-order valence-electron chi connectivity index (χ2n) is 16.2. The van der Waals surface area contributed by atoms with Gasteiger partial charge in [-0.1, -0.05) is 193 Å². The minimum absolute atomic E-state index is 0.0527. The first kappa shape index (κ1) is 55.5. The van der Waals surface area contributed by atoms with E-state index in [0.29, 0.717) is 18.5 Å². The normalized spacial score (nSPS) is 10.4. The lowest BCUT2D eigenvalue weighted by molar-refractivity contribution is -0.137. The molecule has 0 aliphatic heterocycles. The SMILES string of the molecule is CCCCCCCCCCCCCCCCCC(=O)O.CCCCCCCCCCCCCCCCc1ccc[nH]1.CCNC(=O)c1cccnc1C.c1ccncc1. The molecule has 0 radical (unpaired) electrons. The molecule has 0 aliphatic rings. The number of aliphatic carboxylic acids is 1. The molecule has 7 nitrogen and oxygen atoms in total. The van der Waals surface area contributed by atoms with Gasteiger partial charge in [-0.15, -0.1) is 0 Å². The maximum absolute atomic E-state index is 11.3. The number of nitrogens with one attached hydrogen (secondary N) is 2. The second kappa shape index (κ2) is 45.6. The molecule has 3 aromatic rings. The summed E-state index contributed by atoms with van der Waals surface area (Å²) >= 11 is 0. The molecule has 0 spiro atoms. The summed E-state index contributed by atoms with van der Waals surface area (Å²) < 4.78 is 0. The monoisotopic (exact) mass is 819 g/mol. The molecule has 0 atom stereocenters. The second-order valence-corrected chi connectivity index (χ2v) is 16.2. The Kier molecular flexibility index (Phi) is 42.9. The van der Waals surface area contributed by atoms with Crippen LogP contribution in [0.25, 0.3) is 0 Å². The topological polar surface area (TPSA) is 108 Å². The van der Waals surface area contributed by atoms with Crippen molar-refractivity contribution in [2.45, 2.75) is 227 Å². The van der Waals surface area contributed by atoms with Crippen LogP contribution in [0.5, 0.6) is 0 Å². The highest BCUT2D eigenvalue weighted by Gasteiger charge is 2.06. The average molecular weight is 819 g/mol. The van der Waals surface area contributed by atoms with Crippen molar-refractivity contribution in [3.63, 3.8) is 0 Å². The minimum atomic E-state index is -0.653. The number of carboxylic acid groups (broad SMARTS) is 1. The van der Waals surface area contributed by atoms with Crippen molar-refractivity contribution >= 4 is 11.9 Å². The van der Waals surface area contributed by atoms with E-state index in [2.05, 4.69) is 46.2 Å². The van der Waals surface area contributed by atoms with Gasteiger partial charge in [0, 0.05) is 49.1 Å². The van der Waals surface area contributed by atoms with Gasteiger partial charge in [-0.3, -0.25) is 19.6 Å². The molecule has 59 heavy (non-hydrogen) atoms. The van der Waals surface area contributed by atoms with Crippen molar-refractivity contribution in [1.29, 1.82) is 0 Å². The summed E-state index contributed by atoms with van der Waals surface area (Å²) in [6.07, 6.45) is 48.8. The zero-order chi connectivity index (χ0) is 43.1. The number of carbonyl (C=O) groups is 2. The van der Waals surface area contributed by atoms with E-state index in [4.69, 9.17) is 5.11 Å². The minimum Gasteiger partial charge on any atom is -0.481 e. The highest BCUT2D eigenvalue weighted by Crippen LogP contribution is 2.15. The van der Waals surface area contributed by atoms with E-state index in [9.17, 15) is 9.59 Å². The number of aromatic nitrogens is 3. The van der Waals surface area contributed by atoms with Gasteiger partial charge in [0.05, 0.1) is 5.56 Å². The van der Waals surface area contributed by atoms with Gasteiger partial charge in [-0.05, 0) is 69.5 Å². The largest absolute Gasteiger partial charge is 0.481 e. The molecule has 0 saturated heterocycles. The smallest absolute Gasteiger partial charge is 0.303 e. The lowest BCUT2D eigenvalue weighted by atomic mass is 10.0. The van der Waals surface area contributed by atoms with Crippen LogP contribution in [-0.2, 0) is 11.2 Å². The summed E-state index contributed by atoms with van der Waals surface area (Å²) in [6, 6.07) is 13.5. The fourth-order valence-electron chi connectivity index (χ4n) is 6.97. The predicted molar refractivity (Wildman–Crippen MR) is 253 cm³/mol. The number of aromatic amines is 1. The molecule has 0 saturated carbocycles. The molecule has 0 unspecified atom stereocenters. The number of unbranched alkanes of at least 4 members (excludes halogenated alkanes) is 27. The number of carboxylic acids is 1. The van der Waals surface area contributed by atoms with Gasteiger partial charge in [-0.25, -0.2) is 0 Å². The number of aryl methyl sites for hydroxylation is 2. The maximum Gasteiger partial charge on any atom is 0.303 e.